The van der Waals surface area contributed by atoms with Crippen molar-refractivity contribution < 1.29 is 0 Å². The molecule has 0 aromatic heterocycles. The van der Waals surface area contributed by atoms with Crippen LogP contribution >= 0.6 is 15.9 Å². The van der Waals surface area contributed by atoms with E-state index in [1.54, 1.807) is 0 Å². The van der Waals surface area contributed by atoms with E-state index in [1.807, 2.05) is 18.2 Å². The largest absolute Gasteiger partial charge is 0.398 e. The van der Waals surface area contributed by atoms with Gasteiger partial charge >= 0.3 is 0 Å². The summed E-state index contributed by atoms with van der Waals surface area (Å²) in [5.74, 6) is 7.02. The number of halogens is 1. The maximum Gasteiger partial charge on any atom is 0.0486 e. The molecule has 16 heavy (non-hydrogen) atoms. The van der Waals surface area contributed by atoms with E-state index in [4.69, 9.17) is 5.73 Å². The van der Waals surface area contributed by atoms with E-state index in [1.165, 1.54) is 0 Å². The van der Waals surface area contributed by atoms with Crippen LogP contribution in [0.2, 0.25) is 0 Å². The van der Waals surface area contributed by atoms with Crippen molar-refractivity contribution in [3.8, 4) is 11.8 Å². The Labute approximate surface area is 105 Å². The Bertz CT molecular complexity index is 425. The Kier molecular flexibility index (Phi) is 3.87. The first-order valence-electron chi connectivity index (χ1n) is 5.53. The molecule has 2 nitrogen and oxygen atoms in total. The fourth-order valence-corrected chi connectivity index (χ4v) is 2.14. The fourth-order valence-electron chi connectivity index (χ4n) is 1.78. The molecule has 1 saturated heterocycles. The van der Waals surface area contributed by atoms with E-state index in [9.17, 15) is 0 Å². The second-order valence-corrected chi connectivity index (χ2v) is 4.94. The molecule has 1 aliphatic rings. The SMILES string of the molecule is Nc1ccc(Br)cc1C#CC1CCNCC1. The van der Waals surface area contributed by atoms with Crippen molar-refractivity contribution in [3.05, 3.63) is 28.2 Å². The number of hydrogen-bond acceptors (Lipinski definition) is 2. The lowest BCUT2D eigenvalue weighted by Gasteiger charge is -2.17. The molecule has 1 heterocycles. The van der Waals surface area contributed by atoms with Gasteiger partial charge in [0, 0.05) is 21.6 Å². The molecule has 3 N–H and O–H groups in total. The smallest absolute Gasteiger partial charge is 0.0486 e. The lowest BCUT2D eigenvalue weighted by Crippen LogP contribution is -2.26. The molecule has 0 amide bonds. The van der Waals surface area contributed by atoms with Gasteiger partial charge in [0.15, 0.2) is 0 Å². The number of benzene rings is 1. The number of rotatable bonds is 0. The van der Waals surface area contributed by atoms with Gasteiger partial charge in [-0.15, -0.1) is 0 Å². The van der Waals surface area contributed by atoms with Gasteiger partial charge in [-0.1, -0.05) is 27.8 Å². The van der Waals surface area contributed by atoms with E-state index in [0.717, 1.165) is 41.7 Å². The van der Waals surface area contributed by atoms with E-state index in [2.05, 4.69) is 33.1 Å². The highest BCUT2D eigenvalue weighted by molar-refractivity contribution is 9.10. The van der Waals surface area contributed by atoms with Gasteiger partial charge in [-0.05, 0) is 44.1 Å². The summed E-state index contributed by atoms with van der Waals surface area (Å²) in [6.45, 7) is 2.15. The minimum Gasteiger partial charge on any atom is -0.398 e. The van der Waals surface area contributed by atoms with Crippen molar-refractivity contribution in [2.24, 2.45) is 5.92 Å². The van der Waals surface area contributed by atoms with E-state index < -0.39 is 0 Å². The first-order chi connectivity index (χ1) is 7.75. The van der Waals surface area contributed by atoms with Gasteiger partial charge < -0.3 is 11.1 Å². The molecule has 1 aromatic rings. The predicted octanol–water partition coefficient (Wildman–Crippen LogP) is 2.38. The molecule has 2 rings (SSSR count). The van der Waals surface area contributed by atoms with Crippen LogP contribution in [0, 0.1) is 17.8 Å². The molecule has 3 heteroatoms. The van der Waals surface area contributed by atoms with Gasteiger partial charge in [0.1, 0.15) is 0 Å². The third-order valence-corrected chi connectivity index (χ3v) is 3.26. The zero-order chi connectivity index (χ0) is 11.4. The van der Waals surface area contributed by atoms with E-state index >= 15 is 0 Å². The number of nitrogens with two attached hydrogens (primary N) is 1. The third kappa shape index (κ3) is 3.01. The van der Waals surface area contributed by atoms with Crippen molar-refractivity contribution in [3.63, 3.8) is 0 Å². The molecule has 1 fully saturated rings. The van der Waals surface area contributed by atoms with Crippen molar-refractivity contribution in [1.29, 1.82) is 0 Å². The Morgan fingerprint density at radius 1 is 1.31 bits per heavy atom. The Morgan fingerprint density at radius 3 is 2.81 bits per heavy atom. The van der Waals surface area contributed by atoms with Gasteiger partial charge in [0.2, 0.25) is 0 Å². The average Bonchev–Trinajstić information content (AvgIpc) is 2.32. The van der Waals surface area contributed by atoms with Crippen molar-refractivity contribution in [2.75, 3.05) is 18.8 Å². The molecule has 0 bridgehead atoms. The van der Waals surface area contributed by atoms with Crippen LogP contribution in [0.25, 0.3) is 0 Å². The topological polar surface area (TPSA) is 38.0 Å². The van der Waals surface area contributed by atoms with Crippen molar-refractivity contribution in [2.45, 2.75) is 12.8 Å². The minimum atomic E-state index is 0.514. The Morgan fingerprint density at radius 2 is 2.06 bits per heavy atom. The highest BCUT2D eigenvalue weighted by Crippen LogP contribution is 2.18. The Hall–Kier alpha value is -0.980. The summed E-state index contributed by atoms with van der Waals surface area (Å²) in [6.07, 6.45) is 2.28. The van der Waals surface area contributed by atoms with Crippen LogP contribution in [0.3, 0.4) is 0 Å². The zero-order valence-electron chi connectivity index (χ0n) is 9.09. The third-order valence-electron chi connectivity index (χ3n) is 2.77. The molecule has 1 aromatic carbocycles. The maximum absolute atomic E-state index is 5.87. The van der Waals surface area contributed by atoms with E-state index in [0.29, 0.717) is 5.92 Å². The van der Waals surface area contributed by atoms with Crippen molar-refractivity contribution >= 4 is 21.6 Å². The molecule has 0 atom stereocenters. The highest BCUT2D eigenvalue weighted by atomic mass is 79.9. The van der Waals surface area contributed by atoms with Gasteiger partial charge in [-0.2, -0.15) is 0 Å². The summed E-state index contributed by atoms with van der Waals surface area (Å²) in [5, 5.41) is 3.33. The minimum absolute atomic E-state index is 0.514. The number of nitrogen functional groups attached to an aromatic ring is 1. The zero-order valence-corrected chi connectivity index (χ0v) is 10.7. The fraction of sp³-hybridized carbons (Fsp3) is 0.385. The van der Waals surface area contributed by atoms with E-state index in [-0.39, 0.29) is 0 Å². The molecule has 0 radical (unpaired) electrons. The molecule has 0 saturated carbocycles. The number of nitrogens with one attached hydrogen (secondary N) is 1. The molecule has 0 aliphatic carbocycles. The Balaban J connectivity index is 2.13. The highest BCUT2D eigenvalue weighted by Gasteiger charge is 2.09. The summed E-state index contributed by atoms with van der Waals surface area (Å²) in [6, 6.07) is 5.80. The van der Waals surface area contributed by atoms with Crippen LogP contribution in [0.15, 0.2) is 22.7 Å². The lowest BCUT2D eigenvalue weighted by molar-refractivity contribution is 0.447. The average molecular weight is 279 g/mol. The second-order valence-electron chi connectivity index (χ2n) is 4.03. The monoisotopic (exact) mass is 278 g/mol. The first kappa shape index (κ1) is 11.5. The van der Waals surface area contributed by atoms with Gasteiger partial charge in [-0.3, -0.25) is 0 Å². The first-order valence-corrected chi connectivity index (χ1v) is 6.32. The second kappa shape index (κ2) is 5.38. The summed E-state index contributed by atoms with van der Waals surface area (Å²) < 4.78 is 1.02. The van der Waals surface area contributed by atoms with Crippen LogP contribution in [0.4, 0.5) is 5.69 Å². The molecule has 84 valence electrons. The summed E-state index contributed by atoms with van der Waals surface area (Å²) >= 11 is 3.43. The molecular formula is C13H15BrN2. The standard InChI is InChI=1S/C13H15BrN2/c14-12-3-4-13(15)11(9-12)2-1-10-5-7-16-8-6-10/h3-4,9-10,16H,5-8,15H2. The number of anilines is 1. The maximum atomic E-state index is 5.87. The van der Waals surface area contributed by atoms with Crippen molar-refractivity contribution in [1.82, 2.24) is 5.32 Å². The normalized spacial score (nSPS) is 16.6. The van der Waals surface area contributed by atoms with Gasteiger partial charge in [0.05, 0.1) is 0 Å². The quantitative estimate of drug-likeness (QED) is 0.565. The number of piperidine rings is 1. The summed E-state index contributed by atoms with van der Waals surface area (Å²) in [5.41, 5.74) is 7.55. The van der Waals surface area contributed by atoms with Crippen LogP contribution in [0.5, 0.6) is 0 Å². The molecule has 1 aliphatic heterocycles. The van der Waals surface area contributed by atoms with Crippen LogP contribution in [-0.4, -0.2) is 13.1 Å². The van der Waals surface area contributed by atoms with Gasteiger partial charge in [0.25, 0.3) is 0 Å². The van der Waals surface area contributed by atoms with Crippen LogP contribution in [0.1, 0.15) is 18.4 Å². The lowest BCUT2D eigenvalue weighted by atomic mass is 9.98. The molecule has 0 unspecified atom stereocenters. The predicted molar refractivity (Wildman–Crippen MR) is 71.0 cm³/mol. The molecular weight excluding hydrogens is 264 g/mol. The van der Waals surface area contributed by atoms with Crippen LogP contribution in [-0.2, 0) is 0 Å². The number of hydrogen-bond donors (Lipinski definition) is 2. The van der Waals surface area contributed by atoms with Crippen LogP contribution < -0.4 is 11.1 Å². The summed E-state index contributed by atoms with van der Waals surface area (Å²) in [7, 11) is 0. The summed E-state index contributed by atoms with van der Waals surface area (Å²) in [4.78, 5) is 0. The molecule has 0 spiro atoms. The van der Waals surface area contributed by atoms with Gasteiger partial charge in [-0.25, -0.2) is 0 Å².